The monoisotopic (exact) mass is 288 g/mol. The van der Waals surface area contributed by atoms with E-state index in [0.717, 1.165) is 11.1 Å². The molecule has 0 amide bonds. The highest BCUT2D eigenvalue weighted by Gasteiger charge is 2.06. The molecule has 0 unspecified atom stereocenters. The van der Waals surface area contributed by atoms with Crippen LogP contribution in [-0.2, 0) is 4.79 Å². The van der Waals surface area contributed by atoms with Gasteiger partial charge in [-0.2, -0.15) is 0 Å². The Balaban J connectivity index is 2.20. The molecule has 2 aromatic carbocycles. The number of aliphatic carboxylic acids is 1. The van der Waals surface area contributed by atoms with Crippen LogP contribution in [0.15, 0.2) is 42.5 Å². The minimum absolute atomic E-state index is 0.351. The van der Waals surface area contributed by atoms with Gasteiger partial charge in [-0.05, 0) is 35.4 Å². The number of hydrogen-bond donors (Lipinski definition) is 1. The molecule has 1 N–H and O–H groups in total. The normalized spacial score (nSPS) is 10.0. The van der Waals surface area contributed by atoms with Crippen LogP contribution >= 0.6 is 0 Å². The molecule has 2 aromatic rings. The molecular formula is C16H16O5. The van der Waals surface area contributed by atoms with Crippen LogP contribution < -0.4 is 14.2 Å². The van der Waals surface area contributed by atoms with Gasteiger partial charge in [0.25, 0.3) is 0 Å². The van der Waals surface area contributed by atoms with Crippen molar-refractivity contribution in [3.63, 3.8) is 0 Å². The van der Waals surface area contributed by atoms with Gasteiger partial charge in [0.05, 0.1) is 14.2 Å². The van der Waals surface area contributed by atoms with Crippen LogP contribution in [0, 0.1) is 0 Å². The second-order valence-corrected chi connectivity index (χ2v) is 4.28. The van der Waals surface area contributed by atoms with E-state index in [2.05, 4.69) is 0 Å². The molecule has 0 spiro atoms. The van der Waals surface area contributed by atoms with Crippen molar-refractivity contribution in [3.8, 4) is 28.4 Å². The van der Waals surface area contributed by atoms with Gasteiger partial charge < -0.3 is 19.3 Å². The van der Waals surface area contributed by atoms with Crippen LogP contribution in [0.25, 0.3) is 11.1 Å². The zero-order valence-electron chi connectivity index (χ0n) is 11.8. The fraction of sp³-hybridized carbons (Fsp3) is 0.188. The van der Waals surface area contributed by atoms with Crippen molar-refractivity contribution >= 4 is 5.97 Å². The fourth-order valence-electron chi connectivity index (χ4n) is 1.90. The first-order valence-electron chi connectivity index (χ1n) is 6.31. The molecule has 0 fully saturated rings. The molecule has 5 heteroatoms. The van der Waals surface area contributed by atoms with Crippen LogP contribution in [0.2, 0.25) is 0 Å². The minimum atomic E-state index is -1.00. The average molecular weight is 288 g/mol. The molecule has 21 heavy (non-hydrogen) atoms. The van der Waals surface area contributed by atoms with Crippen molar-refractivity contribution in [2.45, 2.75) is 0 Å². The number of ether oxygens (including phenoxy) is 3. The summed E-state index contributed by atoms with van der Waals surface area (Å²) >= 11 is 0. The number of hydrogen-bond acceptors (Lipinski definition) is 4. The standard InChI is InChI=1S/C16H16O5/c1-19-14-8-5-12(9-15(14)20-2)11-3-6-13(7-4-11)21-10-16(17)18/h3-9H,10H2,1-2H3,(H,17,18). The third-order valence-electron chi connectivity index (χ3n) is 2.93. The summed E-state index contributed by atoms with van der Waals surface area (Å²) in [6, 6.07) is 12.8. The predicted molar refractivity (Wildman–Crippen MR) is 78.1 cm³/mol. The summed E-state index contributed by atoms with van der Waals surface area (Å²) in [6.45, 7) is -0.351. The largest absolute Gasteiger partial charge is 0.493 e. The van der Waals surface area contributed by atoms with E-state index in [0.29, 0.717) is 17.2 Å². The lowest BCUT2D eigenvalue weighted by Crippen LogP contribution is -2.09. The van der Waals surface area contributed by atoms with Crippen molar-refractivity contribution in [3.05, 3.63) is 42.5 Å². The number of methoxy groups -OCH3 is 2. The van der Waals surface area contributed by atoms with Crippen LogP contribution in [-0.4, -0.2) is 31.9 Å². The van der Waals surface area contributed by atoms with Gasteiger partial charge in [-0.15, -0.1) is 0 Å². The van der Waals surface area contributed by atoms with Gasteiger partial charge in [-0.3, -0.25) is 0 Å². The Morgan fingerprint density at radius 1 is 0.952 bits per heavy atom. The molecule has 0 aliphatic rings. The first-order valence-corrected chi connectivity index (χ1v) is 6.31. The molecule has 0 aliphatic heterocycles. The van der Waals surface area contributed by atoms with Gasteiger partial charge in [-0.25, -0.2) is 4.79 Å². The van der Waals surface area contributed by atoms with Gasteiger partial charge in [0, 0.05) is 0 Å². The highest BCUT2D eigenvalue weighted by Crippen LogP contribution is 2.32. The zero-order chi connectivity index (χ0) is 15.2. The SMILES string of the molecule is COc1ccc(-c2ccc(OCC(=O)O)cc2)cc1OC. The molecule has 0 heterocycles. The second kappa shape index (κ2) is 6.65. The summed E-state index contributed by atoms with van der Waals surface area (Å²) in [5.74, 6) is 0.837. The number of carboxylic acids is 1. The summed E-state index contributed by atoms with van der Waals surface area (Å²) in [5.41, 5.74) is 1.94. The molecule has 2 rings (SSSR count). The number of rotatable bonds is 6. The first kappa shape index (κ1) is 14.7. The molecule has 0 atom stereocenters. The molecule has 0 saturated heterocycles. The number of carbonyl (C=O) groups is 1. The van der Waals surface area contributed by atoms with Gasteiger partial charge >= 0.3 is 5.97 Å². The van der Waals surface area contributed by atoms with E-state index in [-0.39, 0.29) is 6.61 Å². The summed E-state index contributed by atoms with van der Waals surface area (Å²) in [5, 5.41) is 8.56. The lowest BCUT2D eigenvalue weighted by Gasteiger charge is -2.10. The quantitative estimate of drug-likeness (QED) is 0.885. The Morgan fingerprint density at radius 2 is 1.57 bits per heavy atom. The molecule has 110 valence electrons. The molecule has 5 nitrogen and oxygen atoms in total. The highest BCUT2D eigenvalue weighted by molar-refractivity contribution is 5.69. The minimum Gasteiger partial charge on any atom is -0.493 e. The van der Waals surface area contributed by atoms with Crippen molar-refractivity contribution < 1.29 is 24.1 Å². The summed E-state index contributed by atoms with van der Waals surface area (Å²) < 4.78 is 15.6. The number of carboxylic acid groups (broad SMARTS) is 1. The predicted octanol–water partition coefficient (Wildman–Crippen LogP) is 2.83. The third kappa shape index (κ3) is 3.66. The third-order valence-corrected chi connectivity index (χ3v) is 2.93. The Kier molecular flexibility index (Phi) is 4.66. The van der Waals surface area contributed by atoms with Crippen LogP contribution in [0.3, 0.4) is 0 Å². The lowest BCUT2D eigenvalue weighted by molar-refractivity contribution is -0.139. The topological polar surface area (TPSA) is 65.0 Å². The van der Waals surface area contributed by atoms with Crippen molar-refractivity contribution in [1.29, 1.82) is 0 Å². The van der Waals surface area contributed by atoms with Crippen LogP contribution in [0.1, 0.15) is 0 Å². The van der Waals surface area contributed by atoms with E-state index in [1.807, 2.05) is 30.3 Å². The Labute approximate surface area is 122 Å². The first-order chi connectivity index (χ1) is 10.1. The highest BCUT2D eigenvalue weighted by atomic mass is 16.5. The molecule has 0 aliphatic carbocycles. The van der Waals surface area contributed by atoms with Gasteiger partial charge in [0.15, 0.2) is 18.1 Å². The number of benzene rings is 2. The van der Waals surface area contributed by atoms with E-state index in [9.17, 15) is 4.79 Å². The van der Waals surface area contributed by atoms with Gasteiger partial charge in [-0.1, -0.05) is 18.2 Å². The molecule has 0 bridgehead atoms. The van der Waals surface area contributed by atoms with Crippen LogP contribution in [0.4, 0.5) is 0 Å². The Bertz CT molecular complexity index is 619. The molecule has 0 aromatic heterocycles. The molecule has 0 saturated carbocycles. The van der Waals surface area contributed by atoms with E-state index in [1.165, 1.54) is 0 Å². The van der Waals surface area contributed by atoms with E-state index >= 15 is 0 Å². The van der Waals surface area contributed by atoms with Crippen molar-refractivity contribution in [2.24, 2.45) is 0 Å². The summed E-state index contributed by atoms with van der Waals surface area (Å²) in [4.78, 5) is 10.4. The Hall–Kier alpha value is -2.69. The van der Waals surface area contributed by atoms with E-state index < -0.39 is 5.97 Å². The maximum Gasteiger partial charge on any atom is 0.341 e. The van der Waals surface area contributed by atoms with Gasteiger partial charge in [0.2, 0.25) is 0 Å². The maximum absolute atomic E-state index is 10.4. The second-order valence-electron chi connectivity index (χ2n) is 4.28. The summed E-state index contributed by atoms with van der Waals surface area (Å²) in [6.07, 6.45) is 0. The lowest BCUT2D eigenvalue weighted by atomic mass is 10.1. The fourth-order valence-corrected chi connectivity index (χ4v) is 1.90. The van der Waals surface area contributed by atoms with Crippen LogP contribution in [0.5, 0.6) is 17.2 Å². The van der Waals surface area contributed by atoms with E-state index in [1.54, 1.807) is 26.4 Å². The van der Waals surface area contributed by atoms with Crippen molar-refractivity contribution in [2.75, 3.05) is 20.8 Å². The smallest absolute Gasteiger partial charge is 0.341 e. The average Bonchev–Trinajstić information content (AvgIpc) is 2.52. The Morgan fingerprint density at radius 3 is 2.14 bits per heavy atom. The van der Waals surface area contributed by atoms with Gasteiger partial charge in [0.1, 0.15) is 5.75 Å². The van der Waals surface area contributed by atoms with E-state index in [4.69, 9.17) is 19.3 Å². The zero-order valence-corrected chi connectivity index (χ0v) is 11.8. The molecule has 0 radical (unpaired) electrons. The maximum atomic E-state index is 10.4. The summed E-state index contributed by atoms with van der Waals surface area (Å²) in [7, 11) is 3.18. The molecular weight excluding hydrogens is 272 g/mol. The van der Waals surface area contributed by atoms with Crippen molar-refractivity contribution in [1.82, 2.24) is 0 Å².